The van der Waals surface area contributed by atoms with Crippen molar-refractivity contribution in [3.63, 3.8) is 0 Å². The number of amides is 2. The maximum absolute atomic E-state index is 12.4. The van der Waals surface area contributed by atoms with E-state index in [-0.39, 0.29) is 0 Å². The molecular weight excluding hydrogens is 468 g/mol. The van der Waals surface area contributed by atoms with E-state index in [0.29, 0.717) is 5.56 Å². The van der Waals surface area contributed by atoms with Crippen molar-refractivity contribution in [2.75, 3.05) is 30.9 Å². The highest BCUT2D eigenvalue weighted by Gasteiger charge is 2.25. The summed E-state index contributed by atoms with van der Waals surface area (Å²) >= 11 is 0. The van der Waals surface area contributed by atoms with Crippen molar-refractivity contribution in [2.45, 2.75) is 25.6 Å². The van der Waals surface area contributed by atoms with E-state index in [1.54, 1.807) is 24.3 Å². The van der Waals surface area contributed by atoms with E-state index in [1.165, 1.54) is 18.0 Å². The molecule has 2 amide bonds. The Morgan fingerprint density at radius 1 is 0.838 bits per heavy atom. The van der Waals surface area contributed by atoms with Gasteiger partial charge in [-0.1, -0.05) is 24.0 Å². The topological polar surface area (TPSA) is 105 Å². The van der Waals surface area contributed by atoms with Crippen molar-refractivity contribution in [2.24, 2.45) is 0 Å². The minimum atomic E-state index is -1.27. The smallest absolute Gasteiger partial charge is 0.268 e. The average molecular weight is 501 g/mol. The zero-order valence-corrected chi connectivity index (χ0v) is 21.4. The van der Waals surface area contributed by atoms with Gasteiger partial charge in [0.1, 0.15) is 6.04 Å². The molecule has 0 saturated carbocycles. The molecule has 8 heteroatoms. The number of benzene rings is 3. The maximum Gasteiger partial charge on any atom is 0.268 e. The highest BCUT2D eigenvalue weighted by atomic mass is 16.5. The Morgan fingerprint density at radius 2 is 1.35 bits per heavy atom. The maximum atomic E-state index is 12.4. The fourth-order valence-electron chi connectivity index (χ4n) is 3.61. The minimum absolute atomic E-state index is 0.298. The average Bonchev–Trinajstić information content (AvgIpc) is 2.90. The van der Waals surface area contributed by atoms with Gasteiger partial charge in [-0.25, -0.2) is 5.48 Å². The molecule has 0 radical (unpaired) electrons. The second-order valence-corrected chi connectivity index (χ2v) is 8.96. The predicted molar refractivity (Wildman–Crippen MR) is 145 cm³/mol. The van der Waals surface area contributed by atoms with Crippen LogP contribution in [0, 0.1) is 11.8 Å². The normalized spacial score (nSPS) is 11.9. The third-order valence-electron chi connectivity index (χ3n) is 5.84. The van der Waals surface area contributed by atoms with E-state index in [1.807, 2.05) is 26.2 Å². The lowest BCUT2D eigenvalue weighted by Crippen LogP contribution is -2.51. The first-order valence-corrected chi connectivity index (χ1v) is 11.8. The van der Waals surface area contributed by atoms with Crippen LogP contribution in [0.5, 0.6) is 0 Å². The van der Waals surface area contributed by atoms with Crippen LogP contribution in [0.3, 0.4) is 0 Å². The van der Waals surface area contributed by atoms with Gasteiger partial charge in [0.25, 0.3) is 11.8 Å². The zero-order valence-electron chi connectivity index (χ0n) is 21.4. The first-order valence-electron chi connectivity index (χ1n) is 11.8. The highest BCUT2D eigenvalue weighted by molar-refractivity contribution is 5.97. The number of aliphatic hydroxyl groups is 1. The van der Waals surface area contributed by atoms with Crippen LogP contribution in [0.25, 0.3) is 0 Å². The molecule has 0 spiro atoms. The van der Waals surface area contributed by atoms with Crippen LogP contribution in [0.15, 0.2) is 72.8 Å². The summed E-state index contributed by atoms with van der Waals surface area (Å²) in [6.45, 7) is 2.11. The summed E-state index contributed by atoms with van der Waals surface area (Å²) in [5.41, 5.74) is 6.81. The SMILES string of the molecule is C[C@@H](O)[C@H](NC(=O)c1ccc(C#Cc2ccc(CN(C)c3ccc(N(C)C)cc3)cc2)cc1)C(=O)NO. The molecule has 0 heterocycles. The fourth-order valence-corrected chi connectivity index (χ4v) is 3.61. The number of hydrogen-bond acceptors (Lipinski definition) is 6. The predicted octanol–water partition coefficient (Wildman–Crippen LogP) is 2.77. The standard InChI is InChI=1S/C29H32N4O4/c1-20(34)27(29(36)31-37)30-28(35)24-13-11-22(12-14-24)6-5-21-7-9-23(10-8-21)19-33(4)26-17-15-25(16-18-26)32(2)3/h7-18,20,27,34,37H,19H2,1-4H3,(H,30,35)(H,31,36)/t20-,27+/m1/s1. The van der Waals surface area contributed by atoms with Crippen LogP contribution in [0.4, 0.5) is 11.4 Å². The lowest BCUT2D eigenvalue weighted by atomic mass is 10.1. The molecular formula is C29H32N4O4. The molecule has 0 fully saturated rings. The van der Waals surface area contributed by atoms with Gasteiger partial charge >= 0.3 is 0 Å². The first kappa shape index (κ1) is 27.3. The summed E-state index contributed by atoms with van der Waals surface area (Å²) in [5, 5.41) is 20.8. The van der Waals surface area contributed by atoms with Crippen molar-refractivity contribution in [3.8, 4) is 11.8 Å². The molecule has 0 aliphatic rings. The van der Waals surface area contributed by atoms with Gasteiger partial charge in [0, 0.05) is 55.8 Å². The molecule has 0 aliphatic heterocycles. The molecule has 8 nitrogen and oxygen atoms in total. The third-order valence-corrected chi connectivity index (χ3v) is 5.84. The van der Waals surface area contributed by atoms with Gasteiger partial charge < -0.3 is 20.2 Å². The Hall–Kier alpha value is -4.32. The molecule has 0 aromatic heterocycles. The van der Waals surface area contributed by atoms with Crippen LogP contribution in [0.2, 0.25) is 0 Å². The van der Waals surface area contributed by atoms with Crippen molar-refractivity contribution >= 4 is 23.2 Å². The lowest BCUT2D eigenvalue weighted by molar-refractivity contribution is -0.133. The van der Waals surface area contributed by atoms with Crippen molar-refractivity contribution in [1.29, 1.82) is 0 Å². The Bertz CT molecular complexity index is 1260. The number of nitrogens with zero attached hydrogens (tertiary/aromatic N) is 2. The third kappa shape index (κ3) is 7.58. The molecule has 0 unspecified atom stereocenters. The summed E-state index contributed by atoms with van der Waals surface area (Å²) in [6, 6.07) is 21.8. The molecule has 3 rings (SSSR count). The summed E-state index contributed by atoms with van der Waals surface area (Å²) < 4.78 is 0. The molecule has 37 heavy (non-hydrogen) atoms. The Balaban J connectivity index is 1.59. The van der Waals surface area contributed by atoms with Crippen LogP contribution in [-0.4, -0.2) is 55.4 Å². The van der Waals surface area contributed by atoms with Crippen LogP contribution >= 0.6 is 0 Å². The number of nitrogens with one attached hydrogen (secondary N) is 2. The van der Waals surface area contributed by atoms with E-state index in [0.717, 1.165) is 29.0 Å². The van der Waals surface area contributed by atoms with Crippen LogP contribution in [-0.2, 0) is 11.3 Å². The fraction of sp³-hybridized carbons (Fsp3) is 0.241. The van der Waals surface area contributed by atoms with Gasteiger partial charge in [-0.05, 0) is 73.2 Å². The molecule has 4 N–H and O–H groups in total. The van der Waals surface area contributed by atoms with Crippen LogP contribution in [0.1, 0.15) is 34.0 Å². The Labute approximate surface area is 217 Å². The quantitative estimate of drug-likeness (QED) is 0.215. The van der Waals surface area contributed by atoms with Gasteiger partial charge in [-0.15, -0.1) is 0 Å². The van der Waals surface area contributed by atoms with Gasteiger partial charge in [0.2, 0.25) is 0 Å². The minimum Gasteiger partial charge on any atom is -0.391 e. The molecule has 192 valence electrons. The zero-order chi connectivity index (χ0) is 26.9. The molecule has 2 atom stereocenters. The molecule has 3 aromatic carbocycles. The summed E-state index contributed by atoms with van der Waals surface area (Å²) in [5.74, 6) is 4.75. The highest BCUT2D eigenvalue weighted by Crippen LogP contribution is 2.20. The van der Waals surface area contributed by atoms with E-state index in [9.17, 15) is 14.7 Å². The molecule has 0 aliphatic carbocycles. The van der Waals surface area contributed by atoms with Gasteiger partial charge in [0.05, 0.1) is 6.10 Å². The first-order chi connectivity index (χ1) is 17.7. The molecule has 3 aromatic rings. The van der Waals surface area contributed by atoms with Crippen molar-refractivity contribution in [1.82, 2.24) is 10.8 Å². The Kier molecular flexibility index (Phi) is 9.27. The van der Waals surface area contributed by atoms with Gasteiger partial charge in [-0.2, -0.15) is 0 Å². The van der Waals surface area contributed by atoms with Crippen LogP contribution < -0.4 is 20.6 Å². The number of aliphatic hydroxyl groups excluding tert-OH is 1. The largest absolute Gasteiger partial charge is 0.391 e. The lowest BCUT2D eigenvalue weighted by Gasteiger charge is -2.21. The number of hydrogen-bond donors (Lipinski definition) is 4. The number of anilines is 2. The van der Waals surface area contributed by atoms with E-state index < -0.39 is 24.0 Å². The second-order valence-electron chi connectivity index (χ2n) is 8.96. The van der Waals surface area contributed by atoms with Crippen molar-refractivity contribution in [3.05, 3.63) is 95.1 Å². The van der Waals surface area contributed by atoms with Crippen molar-refractivity contribution < 1.29 is 19.9 Å². The van der Waals surface area contributed by atoms with E-state index in [2.05, 4.69) is 70.4 Å². The number of rotatable bonds is 8. The van der Waals surface area contributed by atoms with E-state index >= 15 is 0 Å². The molecule has 0 saturated heterocycles. The number of carbonyl (C=O) groups excluding carboxylic acids is 2. The number of carbonyl (C=O) groups is 2. The van der Waals surface area contributed by atoms with Gasteiger partial charge in [-0.3, -0.25) is 14.8 Å². The van der Waals surface area contributed by atoms with E-state index in [4.69, 9.17) is 5.21 Å². The monoisotopic (exact) mass is 500 g/mol. The van der Waals surface area contributed by atoms with Gasteiger partial charge in [0.15, 0.2) is 0 Å². The second kappa shape index (κ2) is 12.6. The summed E-state index contributed by atoms with van der Waals surface area (Å²) in [6.07, 6.45) is -1.18. The summed E-state index contributed by atoms with van der Waals surface area (Å²) in [4.78, 5) is 28.3. The number of hydroxylamine groups is 1. The molecule has 0 bridgehead atoms. The Morgan fingerprint density at radius 3 is 1.84 bits per heavy atom. The summed E-state index contributed by atoms with van der Waals surface area (Å²) in [7, 11) is 6.11.